The predicted molar refractivity (Wildman–Crippen MR) is 96.2 cm³/mol. The van der Waals surface area contributed by atoms with Crippen LogP contribution in [0.1, 0.15) is 39.5 Å². The maximum atomic E-state index is 12.3. The zero-order valence-corrected chi connectivity index (χ0v) is 17.1. The maximum absolute atomic E-state index is 12.3. The number of quaternary nitrogens is 1. The molecule has 0 saturated carbocycles. The molecule has 2 aliphatic rings. The molecule has 12 heteroatoms. The number of nitrogens with zero attached hydrogens (tertiary/aromatic N) is 1. The number of fused-ring (bicyclic) bond motifs is 1. The molecule has 0 unspecified atom stereocenters. The van der Waals surface area contributed by atoms with Crippen LogP contribution in [-0.2, 0) is 24.0 Å². The number of carbonyl (C=O) groups excluding carboxylic acids is 5. The van der Waals surface area contributed by atoms with E-state index in [4.69, 9.17) is 0 Å². The highest BCUT2D eigenvalue weighted by Gasteiger charge is 2.62. The molecule has 4 atom stereocenters. The Hall–Kier alpha value is -2.34. The van der Waals surface area contributed by atoms with Crippen LogP contribution < -0.4 is 26.6 Å². The summed E-state index contributed by atoms with van der Waals surface area (Å²) in [4.78, 5) is 59.3. The maximum Gasteiger partial charge on any atom is 0.275 e. The molecule has 2 rings (SSSR count). The average Bonchev–Trinajstić information content (AvgIpc) is 2.89. The molecule has 5 N–H and O–H groups in total. The predicted octanol–water partition coefficient (Wildman–Crippen LogP) is -4.68. The number of rotatable bonds is 10. The van der Waals surface area contributed by atoms with Crippen LogP contribution in [0.25, 0.3) is 0 Å². The summed E-state index contributed by atoms with van der Waals surface area (Å²) >= 11 is 1.30. The molecule has 0 aliphatic carbocycles. The van der Waals surface area contributed by atoms with Gasteiger partial charge in [0.15, 0.2) is 6.54 Å². The number of β-lactam (4-membered cyclic amide) rings is 1. The fourth-order valence-electron chi connectivity index (χ4n) is 3.52. The lowest BCUT2D eigenvalue weighted by atomic mass is 9.96. The Labute approximate surface area is 171 Å². The smallest absolute Gasteiger partial charge is 0.275 e. The van der Waals surface area contributed by atoms with Crippen molar-refractivity contribution < 1.29 is 39.9 Å². The summed E-state index contributed by atoms with van der Waals surface area (Å²) in [5, 5.41) is 26.8. The van der Waals surface area contributed by atoms with Gasteiger partial charge >= 0.3 is 0 Å². The molecule has 29 heavy (non-hydrogen) atoms. The fraction of sp³-hybridized carbons (Fsp3) is 0.706. The van der Waals surface area contributed by atoms with E-state index in [1.54, 1.807) is 13.8 Å². The summed E-state index contributed by atoms with van der Waals surface area (Å²) in [5.74, 6) is -4.07. The molecule has 2 fully saturated rings. The van der Waals surface area contributed by atoms with Crippen molar-refractivity contribution >= 4 is 41.4 Å². The van der Waals surface area contributed by atoms with E-state index < -0.39 is 52.0 Å². The Morgan fingerprint density at radius 3 is 2.41 bits per heavy atom. The van der Waals surface area contributed by atoms with Crippen LogP contribution in [0.5, 0.6) is 0 Å². The van der Waals surface area contributed by atoms with Gasteiger partial charge in [-0.15, -0.1) is 11.8 Å². The van der Waals surface area contributed by atoms with Crippen LogP contribution in [-0.4, -0.2) is 69.4 Å². The minimum absolute atomic E-state index is 0.0670. The summed E-state index contributed by atoms with van der Waals surface area (Å²) in [6.45, 7) is 3.33. The molecule has 0 spiro atoms. The van der Waals surface area contributed by atoms with Gasteiger partial charge in [-0.1, -0.05) is 6.42 Å². The van der Waals surface area contributed by atoms with Crippen molar-refractivity contribution in [3.05, 3.63) is 0 Å². The molecule has 2 aliphatic heterocycles. The summed E-state index contributed by atoms with van der Waals surface area (Å²) in [5.41, 5.74) is 3.36. The zero-order chi connectivity index (χ0) is 21.9. The SMILES string of the molecule is CC1(C)S[C@H]2[C@H](NC(=O)CCCC[C@@H](NC(=O)C[NH3+])C(=O)[O-])C(=O)N2[C@@H]1C(=O)[O-]. The molecular weight excluding hydrogens is 404 g/mol. The monoisotopic (exact) mass is 429 g/mol. The Bertz CT molecular complexity index is 714. The number of carbonyl (C=O) groups is 5. The van der Waals surface area contributed by atoms with Crippen LogP contribution in [0.2, 0.25) is 0 Å². The Morgan fingerprint density at radius 1 is 1.21 bits per heavy atom. The van der Waals surface area contributed by atoms with Crippen molar-refractivity contribution in [3.8, 4) is 0 Å². The lowest BCUT2D eigenvalue weighted by Gasteiger charge is -2.45. The van der Waals surface area contributed by atoms with Gasteiger partial charge < -0.3 is 41.1 Å². The number of carboxylic acid groups (broad SMARTS) is 2. The van der Waals surface area contributed by atoms with Gasteiger partial charge in [0.2, 0.25) is 11.8 Å². The van der Waals surface area contributed by atoms with Crippen LogP contribution in [0.3, 0.4) is 0 Å². The number of aliphatic carboxylic acids is 2. The summed E-state index contributed by atoms with van der Waals surface area (Å²) in [6.07, 6.45) is 0.882. The van der Waals surface area contributed by atoms with E-state index in [-0.39, 0.29) is 25.3 Å². The molecule has 0 aromatic rings. The molecule has 2 saturated heterocycles. The summed E-state index contributed by atoms with van der Waals surface area (Å²) < 4.78 is -0.725. The van der Waals surface area contributed by atoms with E-state index in [9.17, 15) is 34.2 Å². The lowest BCUT2D eigenvalue weighted by molar-refractivity contribution is -0.355. The molecular formula is C17H25N4O7S-. The molecule has 3 amide bonds. The lowest BCUT2D eigenvalue weighted by Crippen LogP contribution is -2.71. The Balaban J connectivity index is 1.78. The van der Waals surface area contributed by atoms with Gasteiger partial charge in [-0.3, -0.25) is 14.4 Å². The first-order valence-electron chi connectivity index (χ1n) is 9.29. The van der Waals surface area contributed by atoms with Crippen molar-refractivity contribution in [1.82, 2.24) is 15.5 Å². The second-order valence-corrected chi connectivity index (χ2v) is 9.33. The highest BCUT2D eigenvalue weighted by Crippen LogP contribution is 2.50. The second-order valence-electron chi connectivity index (χ2n) is 7.56. The van der Waals surface area contributed by atoms with Gasteiger partial charge in [-0.2, -0.15) is 0 Å². The van der Waals surface area contributed by atoms with Crippen molar-refractivity contribution in [1.29, 1.82) is 0 Å². The number of hydrogen-bond donors (Lipinski definition) is 3. The molecule has 162 valence electrons. The third-order valence-electron chi connectivity index (χ3n) is 4.97. The number of nitrogens with one attached hydrogen (secondary N) is 2. The summed E-state index contributed by atoms with van der Waals surface area (Å²) in [7, 11) is 0. The average molecular weight is 429 g/mol. The first-order chi connectivity index (χ1) is 13.5. The highest BCUT2D eigenvalue weighted by molar-refractivity contribution is 8.01. The molecule has 0 radical (unpaired) electrons. The van der Waals surface area contributed by atoms with Crippen molar-refractivity contribution in [2.75, 3.05) is 6.54 Å². The molecule has 0 aromatic heterocycles. The van der Waals surface area contributed by atoms with Crippen LogP contribution in [0, 0.1) is 0 Å². The van der Waals surface area contributed by atoms with Gasteiger partial charge in [0.1, 0.15) is 11.4 Å². The topological polar surface area (TPSA) is 186 Å². The van der Waals surface area contributed by atoms with Gasteiger partial charge in [-0.05, 0) is 26.7 Å². The van der Waals surface area contributed by atoms with E-state index >= 15 is 0 Å². The van der Waals surface area contributed by atoms with Crippen molar-refractivity contribution in [2.45, 2.75) is 67.8 Å². The van der Waals surface area contributed by atoms with E-state index in [1.807, 2.05) is 0 Å². The van der Waals surface area contributed by atoms with Gasteiger partial charge in [0.05, 0.1) is 24.0 Å². The number of hydrogen-bond acceptors (Lipinski definition) is 8. The molecule has 11 nitrogen and oxygen atoms in total. The standard InChI is InChI=1S/C17H26N4O7S/c1-17(2)12(16(27)28)21-13(24)11(14(21)29-17)20-9(22)6-4-3-5-8(15(25)26)19-10(23)7-18/h8,11-12,14H,3-7,18H2,1-2H3,(H,19,23)(H,20,22)(H,25,26)(H,27,28)/p-1/t8-,11-,12-,14+/m1/s1. The summed E-state index contributed by atoms with van der Waals surface area (Å²) in [6, 6.07) is -2.98. The quantitative estimate of drug-likeness (QED) is 0.228. The fourth-order valence-corrected chi connectivity index (χ4v) is 5.14. The van der Waals surface area contributed by atoms with E-state index in [1.165, 1.54) is 16.7 Å². The van der Waals surface area contributed by atoms with Crippen LogP contribution >= 0.6 is 11.8 Å². The van der Waals surface area contributed by atoms with Gasteiger partial charge in [-0.25, -0.2) is 0 Å². The first-order valence-corrected chi connectivity index (χ1v) is 10.2. The highest BCUT2D eigenvalue weighted by atomic mass is 32.2. The van der Waals surface area contributed by atoms with E-state index in [0.29, 0.717) is 12.8 Å². The molecule has 0 bridgehead atoms. The molecule has 0 aromatic carbocycles. The largest absolute Gasteiger partial charge is 0.548 e. The minimum atomic E-state index is -1.40. The third kappa shape index (κ3) is 4.99. The minimum Gasteiger partial charge on any atom is -0.548 e. The van der Waals surface area contributed by atoms with Gasteiger partial charge in [0, 0.05) is 11.2 Å². The van der Waals surface area contributed by atoms with Crippen molar-refractivity contribution in [3.63, 3.8) is 0 Å². The van der Waals surface area contributed by atoms with E-state index in [2.05, 4.69) is 16.4 Å². The normalized spacial score (nSPS) is 25.6. The number of unbranched alkanes of at least 4 members (excludes halogenated alkanes) is 1. The van der Waals surface area contributed by atoms with Crippen LogP contribution in [0.15, 0.2) is 0 Å². The Kier molecular flexibility index (Phi) is 7.11. The van der Waals surface area contributed by atoms with Gasteiger partial charge in [0.25, 0.3) is 5.91 Å². The number of thioether (sulfide) groups is 1. The third-order valence-corrected chi connectivity index (χ3v) is 6.55. The van der Waals surface area contributed by atoms with Crippen molar-refractivity contribution in [2.24, 2.45) is 0 Å². The number of carboxylic acids is 2. The van der Waals surface area contributed by atoms with Crippen LogP contribution in [0.4, 0.5) is 0 Å². The Morgan fingerprint density at radius 2 is 1.86 bits per heavy atom. The molecule has 2 heterocycles. The number of amides is 3. The second kappa shape index (κ2) is 8.99. The van der Waals surface area contributed by atoms with E-state index in [0.717, 1.165) is 0 Å². The zero-order valence-electron chi connectivity index (χ0n) is 16.3. The first kappa shape index (κ1) is 22.9.